The van der Waals surface area contributed by atoms with E-state index in [9.17, 15) is 17.6 Å². The van der Waals surface area contributed by atoms with E-state index < -0.39 is 24.1 Å². The average Bonchev–Trinajstić information content (AvgIpc) is 2.14. The fourth-order valence-corrected chi connectivity index (χ4v) is 1.10. The first-order valence-corrected chi connectivity index (χ1v) is 4.08. The normalized spacial score (nSPS) is 16.1. The molecule has 0 unspecified atom stereocenters. The lowest BCUT2D eigenvalue weighted by Crippen LogP contribution is -2.38. The topological polar surface area (TPSA) is 46.2 Å². The molecule has 1 aromatic carbocycles. The average molecular weight is 223 g/mol. The third-order valence-corrected chi connectivity index (χ3v) is 1.91. The molecule has 0 aromatic heterocycles. The van der Waals surface area contributed by atoms with E-state index in [0.717, 1.165) is 12.1 Å². The molecule has 2 nitrogen and oxygen atoms in total. The summed E-state index contributed by atoms with van der Waals surface area (Å²) in [4.78, 5) is 0. The Morgan fingerprint density at radius 3 is 2.33 bits per heavy atom. The van der Waals surface area contributed by atoms with E-state index >= 15 is 0 Å². The van der Waals surface area contributed by atoms with Crippen LogP contribution < -0.4 is 5.73 Å². The molecule has 1 aromatic rings. The van der Waals surface area contributed by atoms with Crippen LogP contribution in [-0.2, 0) is 0 Å². The van der Waals surface area contributed by atoms with Gasteiger partial charge in [-0.15, -0.1) is 0 Å². The highest BCUT2D eigenvalue weighted by Gasteiger charge is 2.42. The summed E-state index contributed by atoms with van der Waals surface area (Å²) in [6, 6.07) is 2.72. The Morgan fingerprint density at radius 2 is 1.87 bits per heavy atom. The van der Waals surface area contributed by atoms with Gasteiger partial charge in [-0.1, -0.05) is 12.1 Å². The Labute approximate surface area is 83.3 Å². The van der Waals surface area contributed by atoms with Crippen LogP contribution in [0.5, 0.6) is 0 Å². The molecule has 84 valence electrons. The van der Waals surface area contributed by atoms with Crippen molar-refractivity contribution in [3.8, 4) is 0 Å². The third kappa shape index (κ3) is 2.90. The van der Waals surface area contributed by atoms with Crippen molar-refractivity contribution in [2.75, 3.05) is 0 Å². The van der Waals surface area contributed by atoms with E-state index in [-0.39, 0.29) is 5.56 Å². The van der Waals surface area contributed by atoms with Crippen LogP contribution in [0.4, 0.5) is 17.6 Å². The molecule has 0 heterocycles. The molecule has 0 fully saturated rings. The smallest absolute Gasteiger partial charge is 0.382 e. The molecule has 0 amide bonds. The second kappa shape index (κ2) is 4.16. The fourth-order valence-electron chi connectivity index (χ4n) is 1.10. The number of aliphatic hydroxyl groups excluding tert-OH is 1. The molecule has 0 aliphatic carbocycles. The number of benzene rings is 1. The summed E-state index contributed by atoms with van der Waals surface area (Å²) >= 11 is 0. The second-order valence-corrected chi connectivity index (χ2v) is 3.07. The van der Waals surface area contributed by atoms with Gasteiger partial charge in [0.05, 0.1) is 6.04 Å². The molecular formula is C9H9F4NO. The molecule has 0 aliphatic heterocycles. The van der Waals surface area contributed by atoms with Crippen molar-refractivity contribution in [2.45, 2.75) is 18.3 Å². The van der Waals surface area contributed by atoms with Gasteiger partial charge in [-0.2, -0.15) is 13.2 Å². The molecule has 0 saturated heterocycles. The summed E-state index contributed by atoms with van der Waals surface area (Å²) < 4.78 is 48.9. The largest absolute Gasteiger partial charge is 0.416 e. The molecule has 15 heavy (non-hydrogen) atoms. The van der Waals surface area contributed by atoms with Crippen molar-refractivity contribution in [2.24, 2.45) is 5.73 Å². The monoisotopic (exact) mass is 223 g/mol. The zero-order valence-electron chi connectivity index (χ0n) is 7.50. The summed E-state index contributed by atoms with van der Waals surface area (Å²) in [6.07, 6.45) is -7.51. The number of hydrogen-bond donors (Lipinski definition) is 2. The van der Waals surface area contributed by atoms with E-state index in [0.29, 0.717) is 0 Å². The zero-order valence-corrected chi connectivity index (χ0v) is 7.50. The van der Waals surface area contributed by atoms with Gasteiger partial charge in [0.1, 0.15) is 5.82 Å². The Kier molecular flexibility index (Phi) is 3.31. The lowest BCUT2D eigenvalue weighted by Gasteiger charge is -2.21. The predicted octanol–water partition coefficient (Wildman–Crippen LogP) is 1.75. The maximum absolute atomic E-state index is 12.7. The van der Waals surface area contributed by atoms with Crippen molar-refractivity contribution in [1.82, 2.24) is 0 Å². The first-order valence-electron chi connectivity index (χ1n) is 4.08. The van der Waals surface area contributed by atoms with Crippen LogP contribution in [0.25, 0.3) is 0 Å². The quantitative estimate of drug-likeness (QED) is 0.750. The summed E-state index contributed by atoms with van der Waals surface area (Å²) in [6.45, 7) is 0. The first kappa shape index (κ1) is 11.9. The minimum absolute atomic E-state index is 0.0974. The lowest BCUT2D eigenvalue weighted by atomic mass is 10.0. The second-order valence-electron chi connectivity index (χ2n) is 3.07. The Bertz CT molecular complexity index is 339. The zero-order chi connectivity index (χ0) is 11.6. The maximum atomic E-state index is 12.7. The molecule has 0 spiro atoms. The van der Waals surface area contributed by atoms with Crippen LogP contribution in [-0.4, -0.2) is 17.4 Å². The Hall–Kier alpha value is -1.14. The number of nitrogens with two attached hydrogens (primary N) is 1. The molecule has 3 N–H and O–H groups in total. The summed E-state index contributed by atoms with van der Waals surface area (Å²) in [5.41, 5.74) is 5.06. The minimum atomic E-state index is -4.81. The SMILES string of the molecule is N[C@@H](c1cccc(F)c1)[C@H](O)C(F)(F)F. The highest BCUT2D eigenvalue weighted by atomic mass is 19.4. The standard InChI is InChI=1S/C9H9F4NO/c10-6-3-1-2-5(4-6)7(14)8(15)9(11,12)13/h1-4,7-8,15H,14H2/t7-,8-/m0/s1. The number of hydrogen-bond acceptors (Lipinski definition) is 2. The molecule has 0 saturated carbocycles. The van der Waals surface area contributed by atoms with Crippen LogP contribution in [0.15, 0.2) is 24.3 Å². The van der Waals surface area contributed by atoms with E-state index in [1.807, 2.05) is 0 Å². The van der Waals surface area contributed by atoms with Crippen LogP contribution in [0, 0.1) is 5.82 Å². The fraction of sp³-hybridized carbons (Fsp3) is 0.333. The van der Waals surface area contributed by atoms with E-state index in [1.165, 1.54) is 12.1 Å². The summed E-state index contributed by atoms with van der Waals surface area (Å²) in [5.74, 6) is -0.697. The lowest BCUT2D eigenvalue weighted by molar-refractivity contribution is -0.210. The van der Waals surface area contributed by atoms with Gasteiger partial charge in [0.15, 0.2) is 6.10 Å². The van der Waals surface area contributed by atoms with Gasteiger partial charge < -0.3 is 10.8 Å². The van der Waals surface area contributed by atoms with Crippen LogP contribution in [0.2, 0.25) is 0 Å². The molecule has 1 rings (SSSR count). The molecule has 2 atom stereocenters. The minimum Gasteiger partial charge on any atom is -0.382 e. The van der Waals surface area contributed by atoms with E-state index in [2.05, 4.69) is 0 Å². The van der Waals surface area contributed by atoms with Crippen LogP contribution in [0.1, 0.15) is 11.6 Å². The predicted molar refractivity (Wildman–Crippen MR) is 45.4 cm³/mol. The molecule has 0 aliphatic rings. The van der Waals surface area contributed by atoms with Gasteiger partial charge >= 0.3 is 6.18 Å². The van der Waals surface area contributed by atoms with Gasteiger partial charge in [0.2, 0.25) is 0 Å². The van der Waals surface area contributed by atoms with Gasteiger partial charge in [0.25, 0.3) is 0 Å². The summed E-state index contributed by atoms with van der Waals surface area (Å²) in [7, 11) is 0. The molecular weight excluding hydrogens is 214 g/mol. The van der Waals surface area contributed by atoms with Gasteiger partial charge in [-0.05, 0) is 17.7 Å². The number of alkyl halides is 3. The Morgan fingerprint density at radius 1 is 1.27 bits per heavy atom. The van der Waals surface area contributed by atoms with E-state index in [1.54, 1.807) is 0 Å². The van der Waals surface area contributed by atoms with Crippen molar-refractivity contribution in [1.29, 1.82) is 0 Å². The summed E-state index contributed by atoms with van der Waals surface area (Å²) in [5, 5.41) is 8.83. The number of aliphatic hydroxyl groups is 1. The molecule has 6 heteroatoms. The van der Waals surface area contributed by atoms with Gasteiger partial charge in [-0.25, -0.2) is 4.39 Å². The van der Waals surface area contributed by atoms with Crippen molar-refractivity contribution in [3.05, 3.63) is 35.6 Å². The van der Waals surface area contributed by atoms with Gasteiger partial charge in [0, 0.05) is 0 Å². The Balaban J connectivity index is 2.90. The van der Waals surface area contributed by atoms with Crippen LogP contribution in [0.3, 0.4) is 0 Å². The number of rotatable bonds is 2. The van der Waals surface area contributed by atoms with Crippen LogP contribution >= 0.6 is 0 Å². The van der Waals surface area contributed by atoms with Crippen molar-refractivity contribution >= 4 is 0 Å². The van der Waals surface area contributed by atoms with E-state index in [4.69, 9.17) is 10.8 Å². The van der Waals surface area contributed by atoms with Crippen molar-refractivity contribution in [3.63, 3.8) is 0 Å². The number of halogens is 4. The third-order valence-electron chi connectivity index (χ3n) is 1.91. The molecule has 0 bridgehead atoms. The first-order chi connectivity index (χ1) is 6.82. The maximum Gasteiger partial charge on any atom is 0.416 e. The molecule has 0 radical (unpaired) electrons. The highest BCUT2D eigenvalue weighted by Crippen LogP contribution is 2.28. The van der Waals surface area contributed by atoms with Gasteiger partial charge in [-0.3, -0.25) is 0 Å². The van der Waals surface area contributed by atoms with Crippen molar-refractivity contribution < 1.29 is 22.7 Å². The highest BCUT2D eigenvalue weighted by molar-refractivity contribution is 5.21.